The van der Waals surface area contributed by atoms with Crippen LogP contribution in [0.3, 0.4) is 0 Å². The van der Waals surface area contributed by atoms with Crippen LogP contribution in [0, 0.1) is 12.8 Å². The molecule has 0 unspecified atom stereocenters. The summed E-state index contributed by atoms with van der Waals surface area (Å²) >= 11 is 0. The highest BCUT2D eigenvalue weighted by atomic mass is 16.2. The van der Waals surface area contributed by atoms with Crippen molar-refractivity contribution >= 4 is 11.8 Å². The maximum absolute atomic E-state index is 12.7. The van der Waals surface area contributed by atoms with E-state index in [0.717, 1.165) is 51.2 Å². The molecule has 1 aliphatic carbocycles. The summed E-state index contributed by atoms with van der Waals surface area (Å²) in [5.74, 6) is 0.824. The molecule has 2 atom stereocenters. The predicted molar refractivity (Wildman–Crippen MR) is 111 cm³/mol. The lowest BCUT2D eigenvalue weighted by Gasteiger charge is -2.31. The number of nitrogens with zero attached hydrogens (tertiary/aromatic N) is 2. The molecule has 3 heterocycles. The topological polar surface area (TPSA) is 85.5 Å². The Morgan fingerprint density at radius 3 is 2.52 bits per heavy atom. The van der Waals surface area contributed by atoms with Gasteiger partial charge in [0.15, 0.2) is 0 Å². The molecule has 2 N–H and O–H groups in total. The summed E-state index contributed by atoms with van der Waals surface area (Å²) in [4.78, 5) is 44.0. The van der Waals surface area contributed by atoms with E-state index in [-0.39, 0.29) is 29.5 Å². The SMILES string of the molecule is Cc1cc(C(=O)NC[C@@H]2CC[C@H](CC(=O)N3CCCC3)N2CC2CC2)cc(=O)[nH]1. The fourth-order valence-corrected chi connectivity index (χ4v) is 4.77. The fraction of sp³-hybridized carbons (Fsp3) is 0.682. The molecule has 7 heteroatoms. The first kappa shape index (κ1) is 20.1. The third-order valence-electron chi connectivity index (χ3n) is 6.55. The number of amides is 2. The van der Waals surface area contributed by atoms with Crippen LogP contribution in [0.1, 0.15) is 61.0 Å². The molecule has 2 saturated heterocycles. The molecule has 158 valence electrons. The molecule has 0 spiro atoms. The molecule has 1 aromatic heterocycles. The summed E-state index contributed by atoms with van der Waals surface area (Å²) < 4.78 is 0. The molecule has 0 aromatic carbocycles. The van der Waals surface area contributed by atoms with Crippen LogP contribution in [0.5, 0.6) is 0 Å². The van der Waals surface area contributed by atoms with Gasteiger partial charge in [-0.15, -0.1) is 0 Å². The summed E-state index contributed by atoms with van der Waals surface area (Å²) in [7, 11) is 0. The first-order valence-electron chi connectivity index (χ1n) is 11.0. The summed E-state index contributed by atoms with van der Waals surface area (Å²) in [5.41, 5.74) is 0.824. The van der Waals surface area contributed by atoms with Crippen molar-refractivity contribution in [1.29, 1.82) is 0 Å². The molecule has 3 fully saturated rings. The maximum atomic E-state index is 12.7. The molecule has 0 bridgehead atoms. The molecule has 7 nitrogen and oxygen atoms in total. The highest BCUT2D eigenvalue weighted by molar-refractivity contribution is 5.94. The van der Waals surface area contributed by atoms with Gasteiger partial charge in [-0.2, -0.15) is 0 Å². The molecule has 2 aliphatic heterocycles. The smallest absolute Gasteiger partial charge is 0.251 e. The van der Waals surface area contributed by atoms with E-state index in [1.54, 1.807) is 13.0 Å². The van der Waals surface area contributed by atoms with Crippen molar-refractivity contribution in [2.45, 2.75) is 64.0 Å². The second kappa shape index (κ2) is 8.69. The molecule has 1 saturated carbocycles. The van der Waals surface area contributed by atoms with Gasteiger partial charge >= 0.3 is 0 Å². The Kier molecular flexibility index (Phi) is 6.04. The van der Waals surface area contributed by atoms with E-state index in [0.29, 0.717) is 24.2 Å². The van der Waals surface area contributed by atoms with Crippen LogP contribution in [-0.4, -0.2) is 64.9 Å². The number of rotatable bonds is 7. The minimum Gasteiger partial charge on any atom is -0.350 e. The van der Waals surface area contributed by atoms with Gasteiger partial charge in [0.1, 0.15) is 0 Å². The van der Waals surface area contributed by atoms with Crippen LogP contribution in [0.4, 0.5) is 0 Å². The number of hydrogen-bond donors (Lipinski definition) is 2. The lowest BCUT2D eigenvalue weighted by Crippen LogP contribution is -2.45. The fourth-order valence-electron chi connectivity index (χ4n) is 4.77. The highest BCUT2D eigenvalue weighted by Gasteiger charge is 2.38. The number of aromatic nitrogens is 1. The van der Waals surface area contributed by atoms with Crippen LogP contribution in [0.25, 0.3) is 0 Å². The van der Waals surface area contributed by atoms with Crippen LogP contribution >= 0.6 is 0 Å². The third kappa shape index (κ3) is 5.07. The van der Waals surface area contributed by atoms with Gasteiger partial charge < -0.3 is 15.2 Å². The number of likely N-dealkylation sites (tertiary alicyclic amines) is 2. The number of aromatic amines is 1. The molecular formula is C22H32N4O3. The van der Waals surface area contributed by atoms with Crippen molar-refractivity contribution in [2.24, 2.45) is 5.92 Å². The first-order chi connectivity index (χ1) is 14.0. The van der Waals surface area contributed by atoms with Gasteiger partial charge in [0.05, 0.1) is 0 Å². The van der Waals surface area contributed by atoms with Gasteiger partial charge in [0.25, 0.3) is 5.91 Å². The van der Waals surface area contributed by atoms with Gasteiger partial charge in [0, 0.05) is 62.0 Å². The zero-order valence-corrected chi connectivity index (χ0v) is 17.3. The number of carbonyl (C=O) groups excluding carboxylic acids is 2. The number of hydrogen-bond acceptors (Lipinski definition) is 4. The van der Waals surface area contributed by atoms with E-state index in [2.05, 4.69) is 15.2 Å². The number of aryl methyl sites for hydroxylation is 1. The summed E-state index contributed by atoms with van der Waals surface area (Å²) in [5, 5.41) is 3.02. The van der Waals surface area contributed by atoms with Crippen molar-refractivity contribution in [3.8, 4) is 0 Å². The minimum absolute atomic E-state index is 0.206. The second-order valence-corrected chi connectivity index (χ2v) is 8.94. The second-order valence-electron chi connectivity index (χ2n) is 8.94. The Balaban J connectivity index is 1.36. The van der Waals surface area contributed by atoms with E-state index >= 15 is 0 Å². The number of pyridine rings is 1. The van der Waals surface area contributed by atoms with Crippen LogP contribution in [0.2, 0.25) is 0 Å². The first-order valence-corrected chi connectivity index (χ1v) is 11.0. The Hall–Kier alpha value is -2.15. The summed E-state index contributed by atoms with van der Waals surface area (Å²) in [6.45, 7) is 5.18. The Bertz CT molecular complexity index is 811. The van der Waals surface area contributed by atoms with E-state index < -0.39 is 0 Å². The lowest BCUT2D eigenvalue weighted by atomic mass is 10.1. The molecule has 4 rings (SSSR count). The van der Waals surface area contributed by atoms with Gasteiger partial charge in [-0.1, -0.05) is 0 Å². The molecule has 1 aromatic rings. The average molecular weight is 401 g/mol. The van der Waals surface area contributed by atoms with Crippen molar-refractivity contribution < 1.29 is 9.59 Å². The molecule has 0 radical (unpaired) electrons. The summed E-state index contributed by atoms with van der Waals surface area (Å²) in [6, 6.07) is 3.59. The zero-order chi connectivity index (χ0) is 20.4. The van der Waals surface area contributed by atoms with E-state index in [4.69, 9.17) is 0 Å². The number of H-pyrrole nitrogens is 1. The number of carbonyl (C=O) groups is 2. The Morgan fingerprint density at radius 2 is 1.83 bits per heavy atom. The minimum atomic E-state index is -0.258. The van der Waals surface area contributed by atoms with E-state index in [9.17, 15) is 14.4 Å². The normalized spacial score (nSPS) is 24.8. The van der Waals surface area contributed by atoms with E-state index in [1.807, 2.05) is 4.90 Å². The lowest BCUT2D eigenvalue weighted by molar-refractivity contribution is -0.131. The van der Waals surface area contributed by atoms with Crippen LogP contribution in [-0.2, 0) is 4.79 Å². The third-order valence-corrected chi connectivity index (χ3v) is 6.55. The average Bonchev–Trinajstić information content (AvgIpc) is 3.18. The largest absolute Gasteiger partial charge is 0.350 e. The predicted octanol–water partition coefficient (Wildman–Crippen LogP) is 1.67. The van der Waals surface area contributed by atoms with Crippen molar-refractivity contribution in [3.05, 3.63) is 33.7 Å². The monoisotopic (exact) mass is 400 g/mol. The van der Waals surface area contributed by atoms with E-state index in [1.165, 1.54) is 18.9 Å². The maximum Gasteiger partial charge on any atom is 0.251 e. The standard InChI is InChI=1S/C22H32N4O3/c1-15-10-17(11-20(27)24-15)22(29)23-13-19-7-6-18(26(19)14-16-4-5-16)12-21(28)25-8-2-3-9-25/h10-11,16,18-19H,2-9,12-14H2,1H3,(H,23,29)(H,24,27)/t18-,19+/m1/s1. The van der Waals surface area contributed by atoms with Crippen molar-refractivity contribution in [2.75, 3.05) is 26.2 Å². The molecule has 2 amide bonds. The quantitative estimate of drug-likeness (QED) is 0.729. The van der Waals surface area contributed by atoms with Gasteiger partial charge in [-0.05, 0) is 57.4 Å². The van der Waals surface area contributed by atoms with Crippen molar-refractivity contribution in [1.82, 2.24) is 20.1 Å². The van der Waals surface area contributed by atoms with Crippen LogP contribution < -0.4 is 10.9 Å². The molecule has 3 aliphatic rings. The van der Waals surface area contributed by atoms with Crippen molar-refractivity contribution in [3.63, 3.8) is 0 Å². The molecule has 29 heavy (non-hydrogen) atoms. The van der Waals surface area contributed by atoms with Gasteiger partial charge in [-0.25, -0.2) is 0 Å². The van der Waals surface area contributed by atoms with Crippen LogP contribution in [0.15, 0.2) is 16.9 Å². The number of nitrogens with one attached hydrogen (secondary N) is 2. The zero-order valence-electron chi connectivity index (χ0n) is 17.3. The molecular weight excluding hydrogens is 368 g/mol. The Morgan fingerprint density at radius 1 is 1.10 bits per heavy atom. The Labute approximate surface area is 171 Å². The van der Waals surface area contributed by atoms with Gasteiger partial charge in [-0.3, -0.25) is 19.3 Å². The highest BCUT2D eigenvalue weighted by Crippen LogP contribution is 2.35. The van der Waals surface area contributed by atoms with Gasteiger partial charge in [0.2, 0.25) is 11.5 Å². The summed E-state index contributed by atoms with van der Waals surface area (Å²) in [6.07, 6.45) is 7.40.